The summed E-state index contributed by atoms with van der Waals surface area (Å²) in [5, 5.41) is 0. The Kier molecular flexibility index (Phi) is 17.6. The third-order valence-corrected chi connectivity index (χ3v) is 6.26. The van der Waals surface area contributed by atoms with E-state index < -0.39 is 28.0 Å². The monoisotopic (exact) mass is 611 g/mol. The van der Waals surface area contributed by atoms with Crippen molar-refractivity contribution in [2.75, 3.05) is 75.0 Å². The van der Waals surface area contributed by atoms with E-state index in [1.54, 1.807) is 4.90 Å². The number of hydrogen-bond acceptors (Lipinski definition) is 9. The molecule has 14 nitrogen and oxygen atoms in total. The number of urea groups is 2. The predicted molar refractivity (Wildman–Crippen MR) is 135 cm³/mol. The number of alkyl halides is 3. The van der Waals surface area contributed by atoms with E-state index in [2.05, 4.69) is 20.8 Å². The Bertz CT molecular complexity index is 770. The van der Waals surface area contributed by atoms with Crippen molar-refractivity contribution < 1.29 is 59.6 Å². The van der Waals surface area contributed by atoms with Crippen molar-refractivity contribution in [2.45, 2.75) is 57.9 Å². The minimum atomic E-state index is -6.09. The Labute approximate surface area is 234 Å². The first-order chi connectivity index (χ1) is 18.7. The number of hydrogen-bond donors (Lipinski definition) is 1. The Balaban J connectivity index is 0.000000701. The summed E-state index contributed by atoms with van der Waals surface area (Å²) in [4.78, 5) is 32.8. The summed E-state index contributed by atoms with van der Waals surface area (Å²) >= 11 is 0. The average molecular weight is 612 g/mol. The number of fused-ring (bicyclic) bond motifs is 1. The topological polar surface area (TPSA) is 146 Å². The normalized spacial score (nSPS) is 19.1. The largest absolute Gasteiger partial charge is 0.741 e. The minimum Gasteiger partial charge on any atom is -0.741 e. The van der Waals surface area contributed by atoms with Crippen LogP contribution in [0.2, 0.25) is 0 Å². The highest BCUT2D eigenvalue weighted by Crippen LogP contribution is 2.34. The molecular weight excluding hydrogens is 567 g/mol. The average Bonchev–Trinajstić information content (AvgIpc) is 3.27. The summed E-state index contributed by atoms with van der Waals surface area (Å²) in [7, 11) is -0.124. The van der Waals surface area contributed by atoms with Crippen molar-refractivity contribution in [3.05, 3.63) is 0 Å². The van der Waals surface area contributed by atoms with Crippen molar-refractivity contribution in [2.24, 2.45) is 0 Å². The zero-order valence-corrected chi connectivity index (χ0v) is 25.0. The maximum Gasteiger partial charge on any atom is 0.485 e. The van der Waals surface area contributed by atoms with E-state index in [4.69, 9.17) is 31.9 Å². The van der Waals surface area contributed by atoms with Crippen LogP contribution in [0, 0.1) is 0 Å². The fraction of sp³-hybridized carbons (Fsp3) is 0.909. The van der Waals surface area contributed by atoms with Crippen molar-refractivity contribution in [1.29, 1.82) is 0 Å². The van der Waals surface area contributed by atoms with Gasteiger partial charge in [0.05, 0.1) is 19.6 Å². The number of nitrogens with one attached hydrogen (secondary N) is 1. The molecule has 0 radical (unpaired) electrons. The molecule has 2 aliphatic heterocycles. The van der Waals surface area contributed by atoms with E-state index in [0.29, 0.717) is 0 Å². The second-order valence-electron chi connectivity index (χ2n) is 8.84. The smallest absolute Gasteiger partial charge is 0.485 e. The lowest BCUT2D eigenvalue weighted by molar-refractivity contribution is -0.900. The maximum absolute atomic E-state index is 12.6. The summed E-state index contributed by atoms with van der Waals surface area (Å²) in [6, 6.07) is -0.540. The summed E-state index contributed by atoms with van der Waals surface area (Å²) in [5.74, 6) is 0. The summed E-state index contributed by atoms with van der Waals surface area (Å²) < 4.78 is 79.3. The Morgan fingerprint density at radius 3 is 1.07 bits per heavy atom. The highest BCUT2D eigenvalue weighted by molar-refractivity contribution is 7.86. The Hall–Kier alpha value is -1.96. The molecule has 0 saturated carbocycles. The van der Waals surface area contributed by atoms with Crippen LogP contribution in [0.3, 0.4) is 0 Å². The number of methoxy groups -OCH3 is 4. The first-order valence-corrected chi connectivity index (χ1v) is 14.1. The molecule has 0 aliphatic carbocycles. The fourth-order valence-corrected chi connectivity index (χ4v) is 4.28. The second kappa shape index (κ2) is 18.5. The van der Waals surface area contributed by atoms with Gasteiger partial charge in [-0.25, -0.2) is 18.0 Å². The molecule has 0 unspecified atom stereocenters. The zero-order valence-electron chi connectivity index (χ0n) is 24.2. The highest BCUT2D eigenvalue weighted by Gasteiger charge is 2.59. The van der Waals surface area contributed by atoms with Gasteiger partial charge in [0, 0.05) is 28.4 Å². The first-order valence-electron chi connectivity index (χ1n) is 12.7. The molecule has 238 valence electrons. The SMILES string of the molecule is CCC[NH+](CCC)CCC.COCN1C(=O)N(COC)C2C1N(COC)C(=O)N2COC.O=S(=O)([O-])C(F)(F)F. The zero-order chi connectivity index (χ0) is 31.1. The number of halogens is 3. The molecule has 0 aromatic rings. The molecule has 4 amide bonds. The third-order valence-electron chi connectivity index (χ3n) is 5.69. The lowest BCUT2D eigenvalue weighted by Gasteiger charge is -2.28. The number of quaternary nitrogens is 1. The molecule has 18 heteroatoms. The molecule has 2 rings (SSSR count). The predicted octanol–water partition coefficient (Wildman–Crippen LogP) is 0.682. The standard InChI is InChI=1S/C12H22N4O6.C9H21N.CHF3O3S/c1-19-5-13-9-10(15(7-21-3)11(13)17)16(8-22-4)12(18)14(9)6-20-2;1-4-7-10(8-5-2)9-6-3;2-1(3,4)8(5,6)7/h9-10H,5-8H2,1-4H3;4-9H2,1-3H3;(H,5,6,7). The molecule has 2 fully saturated rings. The van der Waals surface area contributed by atoms with Gasteiger partial charge in [0.1, 0.15) is 26.9 Å². The van der Waals surface area contributed by atoms with Crippen LogP contribution >= 0.6 is 0 Å². The summed E-state index contributed by atoms with van der Waals surface area (Å²) in [5.41, 5.74) is -5.65. The molecule has 2 aliphatic rings. The summed E-state index contributed by atoms with van der Waals surface area (Å²) in [6.07, 6.45) is 2.94. The second-order valence-corrected chi connectivity index (χ2v) is 10.2. The van der Waals surface area contributed by atoms with Crippen LogP contribution in [0.1, 0.15) is 40.0 Å². The van der Waals surface area contributed by atoms with E-state index in [9.17, 15) is 22.8 Å². The van der Waals surface area contributed by atoms with Crippen molar-refractivity contribution in [1.82, 2.24) is 19.6 Å². The van der Waals surface area contributed by atoms with Crippen LogP contribution in [0.4, 0.5) is 22.8 Å². The van der Waals surface area contributed by atoms with Gasteiger partial charge in [-0.3, -0.25) is 19.6 Å². The number of ether oxygens (including phenoxy) is 4. The molecular formula is C22H44F3N5O9S. The van der Waals surface area contributed by atoms with Gasteiger partial charge in [-0.05, 0) is 19.3 Å². The van der Waals surface area contributed by atoms with Gasteiger partial charge in [-0.2, -0.15) is 13.2 Å². The van der Waals surface area contributed by atoms with Gasteiger partial charge >= 0.3 is 17.6 Å². The van der Waals surface area contributed by atoms with Crippen LogP contribution in [0.25, 0.3) is 0 Å². The number of nitrogens with zero attached hydrogens (tertiary/aromatic N) is 4. The minimum absolute atomic E-state index is 0.0640. The van der Waals surface area contributed by atoms with Gasteiger partial charge in [0.15, 0.2) is 22.4 Å². The third kappa shape index (κ3) is 10.8. The number of amides is 4. The molecule has 0 bridgehead atoms. The number of carbonyl (C=O) groups excluding carboxylic acids is 2. The lowest BCUT2D eigenvalue weighted by Crippen LogP contribution is -3.11. The molecule has 0 aromatic carbocycles. The van der Waals surface area contributed by atoms with Crippen LogP contribution in [0.5, 0.6) is 0 Å². The summed E-state index contributed by atoms with van der Waals surface area (Å²) in [6.45, 7) is 11.2. The fourth-order valence-electron chi connectivity index (χ4n) is 4.28. The van der Waals surface area contributed by atoms with E-state index in [-0.39, 0.29) is 39.0 Å². The van der Waals surface area contributed by atoms with Crippen LogP contribution in [0.15, 0.2) is 0 Å². The van der Waals surface area contributed by atoms with E-state index >= 15 is 0 Å². The van der Waals surface area contributed by atoms with Gasteiger partial charge in [-0.1, -0.05) is 20.8 Å². The Morgan fingerprint density at radius 2 is 0.925 bits per heavy atom. The van der Waals surface area contributed by atoms with Crippen molar-refractivity contribution in [3.8, 4) is 0 Å². The van der Waals surface area contributed by atoms with Crippen molar-refractivity contribution >= 4 is 22.2 Å². The van der Waals surface area contributed by atoms with Gasteiger partial charge in [-0.15, -0.1) is 0 Å². The molecule has 0 aromatic heterocycles. The first kappa shape index (κ1) is 38.0. The van der Waals surface area contributed by atoms with E-state index in [1.165, 1.54) is 86.9 Å². The van der Waals surface area contributed by atoms with Gasteiger partial charge in [0.2, 0.25) is 0 Å². The highest BCUT2D eigenvalue weighted by atomic mass is 32.2. The number of carbonyl (C=O) groups is 2. The van der Waals surface area contributed by atoms with Crippen LogP contribution in [-0.2, 0) is 29.1 Å². The Morgan fingerprint density at radius 1 is 0.700 bits per heavy atom. The van der Waals surface area contributed by atoms with Gasteiger partial charge < -0.3 is 28.4 Å². The molecule has 2 heterocycles. The van der Waals surface area contributed by atoms with E-state index in [1.807, 2.05) is 0 Å². The molecule has 1 N–H and O–H groups in total. The molecule has 40 heavy (non-hydrogen) atoms. The molecule has 0 atom stereocenters. The van der Waals surface area contributed by atoms with Gasteiger partial charge in [0.25, 0.3) is 0 Å². The molecule has 0 spiro atoms. The quantitative estimate of drug-likeness (QED) is 0.221. The van der Waals surface area contributed by atoms with Crippen LogP contribution in [-0.4, -0.2) is 137 Å². The maximum atomic E-state index is 12.6. The lowest BCUT2D eigenvalue weighted by atomic mass is 10.3. The van der Waals surface area contributed by atoms with Crippen LogP contribution < -0.4 is 4.90 Å². The molecule has 2 saturated heterocycles. The van der Waals surface area contributed by atoms with E-state index in [0.717, 1.165) is 0 Å². The number of rotatable bonds is 14. The van der Waals surface area contributed by atoms with Crippen molar-refractivity contribution in [3.63, 3.8) is 0 Å².